The van der Waals surface area contributed by atoms with Crippen molar-refractivity contribution in [3.8, 4) is 0 Å². The number of rotatable bonds is 11. The number of nitrogens with one attached hydrogen (secondary N) is 1. The molecule has 0 radical (unpaired) electrons. The highest BCUT2D eigenvalue weighted by atomic mass is 32.2. The summed E-state index contributed by atoms with van der Waals surface area (Å²) in [5, 5.41) is 3.80. The number of hydrogen-bond acceptors (Lipinski definition) is 2. The first-order chi connectivity index (χ1) is 18.8. The van der Waals surface area contributed by atoms with Crippen molar-refractivity contribution in [3.63, 3.8) is 0 Å². The van der Waals surface area contributed by atoms with E-state index in [0.717, 1.165) is 6.42 Å². The molecule has 1 nitrogen and oxygen atoms in total. The Morgan fingerprint density at radius 1 is 0.579 bits per heavy atom. The fourth-order valence-electron chi connectivity index (χ4n) is 4.90. The van der Waals surface area contributed by atoms with E-state index in [2.05, 4.69) is 128 Å². The van der Waals surface area contributed by atoms with Gasteiger partial charge in [0.05, 0.1) is 11.4 Å². The summed E-state index contributed by atoms with van der Waals surface area (Å²) in [4.78, 5) is 2.60. The number of fused-ring (bicyclic) bond motifs is 2. The average Bonchev–Trinajstić information content (AvgIpc) is 2.96. The molecule has 5 rings (SSSR count). The molecule has 0 fully saturated rings. The molecular formula is C36H37NS. The van der Waals surface area contributed by atoms with E-state index in [-0.39, 0.29) is 0 Å². The fourth-order valence-corrected chi connectivity index (χ4v) is 6.05. The number of hydrogen-bond donors (Lipinski definition) is 1. The van der Waals surface area contributed by atoms with Gasteiger partial charge in [-0.2, -0.15) is 0 Å². The maximum absolute atomic E-state index is 3.80. The molecule has 1 N–H and O–H groups in total. The van der Waals surface area contributed by atoms with Crippen LogP contribution in [0.15, 0.2) is 101 Å². The lowest BCUT2D eigenvalue weighted by atomic mass is 10.00. The molecule has 0 saturated carbocycles. The molecule has 1 heterocycles. The van der Waals surface area contributed by atoms with E-state index < -0.39 is 0 Å². The Morgan fingerprint density at radius 3 is 1.89 bits per heavy atom. The Balaban J connectivity index is 1.38. The van der Waals surface area contributed by atoms with Crippen molar-refractivity contribution < 1.29 is 0 Å². The van der Waals surface area contributed by atoms with Gasteiger partial charge in [-0.05, 0) is 64.9 Å². The molecule has 1 aliphatic rings. The monoisotopic (exact) mass is 515 g/mol. The quantitative estimate of drug-likeness (QED) is 0.139. The van der Waals surface area contributed by atoms with Crippen LogP contribution in [0.1, 0.15) is 73.3 Å². The molecule has 0 saturated heterocycles. The number of unbranched alkanes of at least 4 members (excludes halogenated alkanes) is 5. The van der Waals surface area contributed by atoms with Gasteiger partial charge in [-0.15, -0.1) is 0 Å². The van der Waals surface area contributed by atoms with Gasteiger partial charge in [0.2, 0.25) is 0 Å². The van der Waals surface area contributed by atoms with Crippen LogP contribution in [0.4, 0.5) is 11.4 Å². The average molecular weight is 516 g/mol. The minimum Gasteiger partial charge on any atom is -0.353 e. The third kappa shape index (κ3) is 7.08. The lowest BCUT2D eigenvalue weighted by Gasteiger charge is -2.24. The van der Waals surface area contributed by atoms with E-state index in [0.29, 0.717) is 0 Å². The van der Waals surface area contributed by atoms with Gasteiger partial charge in [-0.25, -0.2) is 0 Å². The van der Waals surface area contributed by atoms with E-state index in [1.807, 2.05) is 11.8 Å². The smallest absolute Gasteiger partial charge is 0.0559 e. The number of benzene rings is 4. The summed E-state index contributed by atoms with van der Waals surface area (Å²) >= 11 is 1.89. The van der Waals surface area contributed by atoms with Gasteiger partial charge in [0.15, 0.2) is 0 Å². The van der Waals surface area contributed by atoms with Crippen LogP contribution >= 0.6 is 11.8 Å². The van der Waals surface area contributed by atoms with Gasteiger partial charge in [-0.3, -0.25) is 0 Å². The topological polar surface area (TPSA) is 12.0 Å². The van der Waals surface area contributed by atoms with E-state index in [1.165, 1.54) is 87.5 Å². The van der Waals surface area contributed by atoms with E-state index in [4.69, 9.17) is 0 Å². The molecule has 4 aromatic carbocycles. The Morgan fingerprint density at radius 2 is 1.18 bits per heavy atom. The van der Waals surface area contributed by atoms with Gasteiger partial charge in [0.25, 0.3) is 0 Å². The molecule has 0 spiro atoms. The Hall–Kier alpha value is -3.49. The van der Waals surface area contributed by atoms with E-state index >= 15 is 0 Å². The van der Waals surface area contributed by atoms with Crippen molar-refractivity contribution >= 4 is 47.4 Å². The third-order valence-electron chi connectivity index (χ3n) is 7.03. The maximum atomic E-state index is 3.80. The SMILES string of the molecule is CCCCCCCCc1cc(C=Cc2ccccc2)cc2c1Nc1ccc(C=Cc3ccccc3)cc1S2. The van der Waals surface area contributed by atoms with Crippen molar-refractivity contribution in [2.45, 2.75) is 61.7 Å². The first-order valence-corrected chi connectivity index (χ1v) is 14.8. The van der Waals surface area contributed by atoms with Crippen molar-refractivity contribution in [1.82, 2.24) is 0 Å². The van der Waals surface area contributed by atoms with Crippen LogP contribution in [0.25, 0.3) is 24.3 Å². The molecule has 0 amide bonds. The maximum Gasteiger partial charge on any atom is 0.0559 e. The zero-order chi connectivity index (χ0) is 26.0. The van der Waals surface area contributed by atoms with Crippen molar-refractivity contribution in [3.05, 3.63) is 119 Å². The first kappa shape index (κ1) is 26.1. The van der Waals surface area contributed by atoms with Crippen molar-refractivity contribution in [2.24, 2.45) is 0 Å². The van der Waals surface area contributed by atoms with Crippen LogP contribution < -0.4 is 5.32 Å². The summed E-state index contributed by atoms with van der Waals surface area (Å²) < 4.78 is 0. The highest BCUT2D eigenvalue weighted by Gasteiger charge is 2.19. The summed E-state index contributed by atoms with van der Waals surface area (Å²) in [6, 6.07) is 32.5. The molecule has 38 heavy (non-hydrogen) atoms. The molecule has 0 aromatic heterocycles. The lowest BCUT2D eigenvalue weighted by molar-refractivity contribution is 0.607. The second-order valence-electron chi connectivity index (χ2n) is 10.0. The van der Waals surface area contributed by atoms with Crippen LogP contribution in [0.2, 0.25) is 0 Å². The Labute approximate surface area is 232 Å². The van der Waals surface area contributed by atoms with Crippen LogP contribution in [-0.2, 0) is 6.42 Å². The predicted molar refractivity (Wildman–Crippen MR) is 168 cm³/mol. The second-order valence-corrected chi connectivity index (χ2v) is 11.1. The van der Waals surface area contributed by atoms with Gasteiger partial charge in [0, 0.05) is 9.79 Å². The van der Waals surface area contributed by atoms with Crippen LogP contribution in [0.3, 0.4) is 0 Å². The second kappa shape index (κ2) is 13.3. The van der Waals surface area contributed by atoms with Gasteiger partial charge in [0.1, 0.15) is 0 Å². The molecule has 0 atom stereocenters. The van der Waals surface area contributed by atoms with Gasteiger partial charge < -0.3 is 5.32 Å². The molecular weight excluding hydrogens is 478 g/mol. The minimum atomic E-state index is 1.11. The van der Waals surface area contributed by atoms with E-state index in [9.17, 15) is 0 Å². The van der Waals surface area contributed by atoms with Crippen molar-refractivity contribution in [1.29, 1.82) is 0 Å². The third-order valence-corrected chi connectivity index (χ3v) is 8.13. The highest BCUT2D eigenvalue weighted by Crippen LogP contribution is 2.47. The normalized spacial score (nSPS) is 12.4. The highest BCUT2D eigenvalue weighted by molar-refractivity contribution is 7.99. The zero-order valence-electron chi connectivity index (χ0n) is 22.3. The standard InChI is InChI=1S/C36H37NS/c1-2-3-4-5-6-13-18-32-25-31(22-20-29-16-11-8-12-17-29)27-35-36(32)37-33-24-23-30(26-34(33)38-35)21-19-28-14-9-7-10-15-28/h7-12,14-17,19-27,37H,2-6,13,18H2,1H3. The predicted octanol–water partition coefficient (Wildman–Crippen LogP) is 11.1. The van der Waals surface area contributed by atoms with Crippen LogP contribution in [0, 0.1) is 0 Å². The Bertz CT molecular complexity index is 1390. The van der Waals surface area contributed by atoms with Crippen LogP contribution in [-0.4, -0.2) is 0 Å². The summed E-state index contributed by atoms with van der Waals surface area (Å²) in [5.41, 5.74) is 8.86. The zero-order valence-corrected chi connectivity index (χ0v) is 23.1. The first-order valence-electron chi connectivity index (χ1n) is 14.0. The number of anilines is 2. The molecule has 0 aliphatic carbocycles. The molecule has 1 aliphatic heterocycles. The summed E-state index contributed by atoms with van der Waals surface area (Å²) in [7, 11) is 0. The minimum absolute atomic E-state index is 1.11. The molecule has 4 aromatic rings. The van der Waals surface area contributed by atoms with Crippen molar-refractivity contribution in [2.75, 3.05) is 5.32 Å². The Kier molecular flexibility index (Phi) is 9.18. The molecule has 0 bridgehead atoms. The van der Waals surface area contributed by atoms with Gasteiger partial charge in [-0.1, -0.05) is 142 Å². The fraction of sp³-hybridized carbons (Fsp3) is 0.222. The molecule has 0 unspecified atom stereocenters. The largest absolute Gasteiger partial charge is 0.353 e. The summed E-state index contributed by atoms with van der Waals surface area (Å²) in [6.07, 6.45) is 17.9. The molecule has 2 heteroatoms. The van der Waals surface area contributed by atoms with Gasteiger partial charge >= 0.3 is 0 Å². The number of aryl methyl sites for hydroxylation is 1. The van der Waals surface area contributed by atoms with Crippen LogP contribution in [0.5, 0.6) is 0 Å². The lowest BCUT2D eigenvalue weighted by Crippen LogP contribution is -2.05. The summed E-state index contributed by atoms with van der Waals surface area (Å²) in [5.74, 6) is 0. The van der Waals surface area contributed by atoms with E-state index in [1.54, 1.807) is 0 Å². The molecule has 192 valence electrons. The summed E-state index contributed by atoms with van der Waals surface area (Å²) in [6.45, 7) is 2.28.